The van der Waals surface area contributed by atoms with Crippen LogP contribution in [0.5, 0.6) is 0 Å². The number of nitrogens with zero attached hydrogens (tertiary/aromatic N) is 2. The van der Waals surface area contributed by atoms with E-state index in [0.29, 0.717) is 30.2 Å². The summed E-state index contributed by atoms with van der Waals surface area (Å²) in [6, 6.07) is 14.9. The summed E-state index contributed by atoms with van der Waals surface area (Å²) in [6.07, 6.45) is 1.56. The minimum absolute atomic E-state index is 0.428. The molecule has 0 N–H and O–H groups in total. The van der Waals surface area contributed by atoms with Gasteiger partial charge in [-0.25, -0.2) is 0 Å². The molecule has 0 saturated carbocycles. The molecule has 0 radical (unpaired) electrons. The molecule has 1 amide bonds. The summed E-state index contributed by atoms with van der Waals surface area (Å²) < 4.78 is 11.8. The third kappa shape index (κ3) is 3.27. The Hall–Kier alpha value is -2.68. The molecular formula is C20H20N2O3. The lowest BCUT2D eigenvalue weighted by Crippen LogP contribution is -2.36. The highest BCUT2D eigenvalue weighted by molar-refractivity contribution is 5.90. The predicted octanol–water partition coefficient (Wildman–Crippen LogP) is 3.77. The molecule has 5 nitrogen and oxygen atoms in total. The third-order valence-electron chi connectivity index (χ3n) is 4.33. The first-order valence-electron chi connectivity index (χ1n) is 8.22. The maximum absolute atomic E-state index is 11.9. The van der Waals surface area contributed by atoms with Gasteiger partial charge in [0, 0.05) is 5.56 Å². The van der Waals surface area contributed by atoms with Gasteiger partial charge >= 0.3 is 0 Å². The number of anilines is 2. The standard InChI is InChI=1S/C20H20N2O3/c1-15-8-9-19(17(12-15)20(2)24-10-5-11-25-20)22(14-23)18-7-4-3-6-16(18)13-21/h3-4,6-9,12,14H,5,10-11H2,1-2H3. The Bertz CT molecular complexity index is 820. The number of para-hydroxylation sites is 1. The molecule has 1 aliphatic rings. The van der Waals surface area contributed by atoms with E-state index < -0.39 is 5.79 Å². The van der Waals surface area contributed by atoms with Gasteiger partial charge in [0.2, 0.25) is 6.41 Å². The second-order valence-electron chi connectivity index (χ2n) is 6.12. The number of ether oxygens (including phenoxy) is 2. The lowest BCUT2D eigenvalue weighted by atomic mass is 9.99. The average molecular weight is 336 g/mol. The Morgan fingerprint density at radius 1 is 1.16 bits per heavy atom. The fourth-order valence-corrected chi connectivity index (χ4v) is 3.04. The summed E-state index contributed by atoms with van der Waals surface area (Å²) in [6.45, 7) is 5.04. The van der Waals surface area contributed by atoms with E-state index in [1.54, 1.807) is 24.3 Å². The van der Waals surface area contributed by atoms with Gasteiger partial charge in [0.1, 0.15) is 6.07 Å². The van der Waals surface area contributed by atoms with Gasteiger partial charge in [0.25, 0.3) is 0 Å². The van der Waals surface area contributed by atoms with E-state index in [4.69, 9.17) is 9.47 Å². The highest BCUT2D eigenvalue weighted by Crippen LogP contribution is 2.39. The summed E-state index contributed by atoms with van der Waals surface area (Å²) in [5, 5.41) is 9.38. The second-order valence-corrected chi connectivity index (χ2v) is 6.12. The number of benzene rings is 2. The van der Waals surface area contributed by atoms with Crippen molar-refractivity contribution in [3.05, 3.63) is 59.2 Å². The monoisotopic (exact) mass is 336 g/mol. The van der Waals surface area contributed by atoms with E-state index in [-0.39, 0.29) is 0 Å². The first-order valence-corrected chi connectivity index (χ1v) is 8.22. The molecule has 3 rings (SSSR count). The quantitative estimate of drug-likeness (QED) is 0.797. The van der Waals surface area contributed by atoms with Crippen molar-refractivity contribution in [2.45, 2.75) is 26.1 Å². The Balaban J connectivity index is 2.15. The fourth-order valence-electron chi connectivity index (χ4n) is 3.04. The van der Waals surface area contributed by atoms with Gasteiger partial charge in [-0.05, 0) is 44.5 Å². The number of nitriles is 1. The largest absolute Gasteiger partial charge is 0.346 e. The first-order chi connectivity index (χ1) is 12.1. The second kappa shape index (κ2) is 7.06. The molecule has 1 aliphatic heterocycles. The minimum Gasteiger partial charge on any atom is -0.346 e. The van der Waals surface area contributed by atoms with Crippen molar-refractivity contribution >= 4 is 17.8 Å². The highest BCUT2D eigenvalue weighted by Gasteiger charge is 2.35. The van der Waals surface area contributed by atoms with E-state index in [1.165, 1.54) is 4.90 Å². The molecular weight excluding hydrogens is 316 g/mol. The Morgan fingerprint density at radius 3 is 2.56 bits per heavy atom. The van der Waals surface area contributed by atoms with Crippen LogP contribution in [0, 0.1) is 18.3 Å². The van der Waals surface area contributed by atoms with Crippen LogP contribution < -0.4 is 4.90 Å². The van der Waals surface area contributed by atoms with Crippen molar-refractivity contribution < 1.29 is 14.3 Å². The van der Waals surface area contributed by atoms with Crippen LogP contribution in [0.1, 0.15) is 30.0 Å². The van der Waals surface area contributed by atoms with Crippen molar-refractivity contribution in [1.82, 2.24) is 0 Å². The van der Waals surface area contributed by atoms with Gasteiger partial charge < -0.3 is 9.47 Å². The molecule has 1 heterocycles. The van der Waals surface area contributed by atoms with Gasteiger partial charge in [-0.1, -0.05) is 23.8 Å². The molecule has 1 saturated heterocycles. The zero-order valence-corrected chi connectivity index (χ0v) is 14.4. The van der Waals surface area contributed by atoms with Crippen molar-refractivity contribution in [2.75, 3.05) is 18.1 Å². The van der Waals surface area contributed by atoms with Gasteiger partial charge in [-0.15, -0.1) is 0 Å². The molecule has 0 atom stereocenters. The predicted molar refractivity (Wildman–Crippen MR) is 94.4 cm³/mol. The van der Waals surface area contributed by atoms with Crippen molar-refractivity contribution in [3.8, 4) is 6.07 Å². The van der Waals surface area contributed by atoms with E-state index in [0.717, 1.165) is 24.0 Å². The molecule has 0 aliphatic carbocycles. The van der Waals surface area contributed by atoms with Crippen molar-refractivity contribution in [2.24, 2.45) is 0 Å². The average Bonchev–Trinajstić information content (AvgIpc) is 2.64. The summed E-state index contributed by atoms with van der Waals surface area (Å²) >= 11 is 0. The number of aryl methyl sites for hydroxylation is 1. The van der Waals surface area contributed by atoms with Crippen LogP contribution in [0.15, 0.2) is 42.5 Å². The van der Waals surface area contributed by atoms with Crippen LogP contribution in [-0.4, -0.2) is 19.6 Å². The normalized spacial score (nSPS) is 16.0. The van der Waals surface area contributed by atoms with Crippen molar-refractivity contribution in [3.63, 3.8) is 0 Å². The fraction of sp³-hybridized carbons (Fsp3) is 0.300. The Morgan fingerprint density at radius 2 is 1.88 bits per heavy atom. The molecule has 0 unspecified atom stereocenters. The van der Waals surface area contributed by atoms with Crippen LogP contribution in [0.25, 0.3) is 0 Å². The highest BCUT2D eigenvalue weighted by atomic mass is 16.7. The summed E-state index contributed by atoms with van der Waals surface area (Å²) in [5.41, 5.74) is 3.41. The SMILES string of the molecule is Cc1ccc(N(C=O)c2ccccc2C#N)c(C2(C)OCCCO2)c1. The molecule has 128 valence electrons. The smallest absolute Gasteiger partial charge is 0.218 e. The molecule has 0 bridgehead atoms. The number of hydrogen-bond donors (Lipinski definition) is 0. The topological polar surface area (TPSA) is 62.6 Å². The number of rotatable bonds is 4. The van der Waals surface area contributed by atoms with Crippen LogP contribution in [0.4, 0.5) is 11.4 Å². The van der Waals surface area contributed by atoms with E-state index in [2.05, 4.69) is 6.07 Å². The van der Waals surface area contributed by atoms with Crippen molar-refractivity contribution in [1.29, 1.82) is 5.26 Å². The zero-order chi connectivity index (χ0) is 17.9. The number of hydrogen-bond acceptors (Lipinski definition) is 4. The molecule has 0 aromatic heterocycles. The van der Waals surface area contributed by atoms with E-state index >= 15 is 0 Å². The lowest BCUT2D eigenvalue weighted by molar-refractivity contribution is -0.264. The van der Waals surface area contributed by atoms with Gasteiger partial charge in [0.05, 0.1) is 30.2 Å². The molecule has 25 heavy (non-hydrogen) atoms. The maximum atomic E-state index is 11.9. The number of carbonyl (C=O) groups is 1. The van der Waals surface area contributed by atoms with Gasteiger partial charge in [-0.2, -0.15) is 5.26 Å². The molecule has 0 spiro atoms. The lowest BCUT2D eigenvalue weighted by Gasteiger charge is -2.37. The van der Waals surface area contributed by atoms with Gasteiger partial charge in [0.15, 0.2) is 5.79 Å². The third-order valence-corrected chi connectivity index (χ3v) is 4.33. The summed E-state index contributed by atoms with van der Waals surface area (Å²) in [4.78, 5) is 13.4. The minimum atomic E-state index is -0.928. The Kier molecular flexibility index (Phi) is 4.84. The summed E-state index contributed by atoms with van der Waals surface area (Å²) in [7, 11) is 0. The Labute approximate surface area is 147 Å². The van der Waals surface area contributed by atoms with Crippen LogP contribution in [0.2, 0.25) is 0 Å². The van der Waals surface area contributed by atoms with Crippen LogP contribution in [-0.2, 0) is 20.1 Å². The maximum Gasteiger partial charge on any atom is 0.218 e. The van der Waals surface area contributed by atoms with E-state index in [9.17, 15) is 10.1 Å². The summed E-state index contributed by atoms with van der Waals surface area (Å²) in [5.74, 6) is -0.928. The first kappa shape index (κ1) is 17.2. The van der Waals surface area contributed by atoms with Gasteiger partial charge in [-0.3, -0.25) is 9.69 Å². The number of carbonyl (C=O) groups excluding carboxylic acids is 1. The molecule has 5 heteroatoms. The zero-order valence-electron chi connectivity index (χ0n) is 14.4. The van der Waals surface area contributed by atoms with E-state index in [1.807, 2.05) is 32.0 Å². The molecule has 2 aromatic carbocycles. The van der Waals surface area contributed by atoms with Crippen LogP contribution in [0.3, 0.4) is 0 Å². The molecule has 2 aromatic rings. The molecule has 1 fully saturated rings. The number of amides is 1. The van der Waals surface area contributed by atoms with Crippen LogP contribution >= 0.6 is 0 Å².